The highest BCUT2D eigenvalue weighted by Crippen LogP contribution is 2.34. The highest BCUT2D eigenvalue weighted by atomic mass is 16.7. The summed E-state index contributed by atoms with van der Waals surface area (Å²) in [4.78, 5) is 30.8. The summed E-state index contributed by atoms with van der Waals surface area (Å²) >= 11 is 0. The number of rotatable bonds is 3. The van der Waals surface area contributed by atoms with Gasteiger partial charge in [0.05, 0.1) is 17.1 Å². The molecule has 1 aliphatic rings. The monoisotopic (exact) mass is 408 g/mol. The van der Waals surface area contributed by atoms with E-state index in [1.54, 1.807) is 9.36 Å². The van der Waals surface area contributed by atoms with Gasteiger partial charge in [-0.2, -0.15) is 5.10 Å². The number of hydrogen-bond acceptors (Lipinski definition) is 6. The van der Waals surface area contributed by atoms with E-state index >= 15 is 0 Å². The van der Waals surface area contributed by atoms with Crippen molar-refractivity contribution in [3.63, 3.8) is 0 Å². The molecule has 3 aromatic rings. The molecule has 1 aromatic carbocycles. The van der Waals surface area contributed by atoms with Gasteiger partial charge in [0.1, 0.15) is 11.4 Å². The number of fused-ring (bicyclic) bond motifs is 1. The maximum atomic E-state index is 13.3. The third kappa shape index (κ3) is 3.36. The Morgan fingerprint density at radius 2 is 1.87 bits per heavy atom. The average molecular weight is 408 g/mol. The van der Waals surface area contributed by atoms with Crippen LogP contribution in [0.3, 0.4) is 0 Å². The molecule has 9 nitrogen and oxygen atoms in total. The summed E-state index contributed by atoms with van der Waals surface area (Å²) in [5, 5.41) is 13.2. The van der Waals surface area contributed by atoms with Crippen LogP contribution in [0.15, 0.2) is 40.3 Å². The quantitative estimate of drug-likeness (QED) is 0.489. The molecule has 0 aliphatic heterocycles. The highest BCUT2D eigenvalue weighted by Gasteiger charge is 2.35. The lowest BCUT2D eigenvalue weighted by atomic mass is 9.77. The predicted molar refractivity (Wildman–Crippen MR) is 111 cm³/mol. The number of hydrogen-bond donors (Lipinski definition) is 0. The molecule has 0 amide bonds. The van der Waals surface area contributed by atoms with E-state index in [0.29, 0.717) is 29.9 Å². The molecule has 2 heterocycles. The maximum Gasteiger partial charge on any atom is 0.331 e. The molecular formula is C21H24N6O3. The van der Waals surface area contributed by atoms with Crippen molar-refractivity contribution >= 4 is 11.7 Å². The van der Waals surface area contributed by atoms with Crippen LogP contribution in [0.2, 0.25) is 0 Å². The first-order valence-electron chi connectivity index (χ1n) is 9.73. The third-order valence-electron chi connectivity index (χ3n) is 5.26. The molecule has 0 unspecified atom stereocenters. The van der Waals surface area contributed by atoms with Crippen LogP contribution in [0, 0.1) is 12.3 Å². The summed E-state index contributed by atoms with van der Waals surface area (Å²) in [7, 11) is 1.83. The van der Waals surface area contributed by atoms with Gasteiger partial charge in [-0.15, -0.1) is 9.90 Å². The van der Waals surface area contributed by atoms with Gasteiger partial charge in [-0.3, -0.25) is 9.48 Å². The van der Waals surface area contributed by atoms with Gasteiger partial charge < -0.3 is 4.84 Å². The molecule has 0 atom stereocenters. The van der Waals surface area contributed by atoms with Crippen molar-refractivity contribution in [3.05, 3.63) is 57.8 Å². The summed E-state index contributed by atoms with van der Waals surface area (Å²) < 4.78 is 3.37. The average Bonchev–Trinajstić information content (AvgIpc) is 3.18. The largest absolute Gasteiger partial charge is 0.331 e. The Morgan fingerprint density at radius 1 is 1.17 bits per heavy atom. The number of nitrogens with zero attached hydrogens (tertiary/aromatic N) is 6. The zero-order valence-electron chi connectivity index (χ0n) is 17.7. The van der Waals surface area contributed by atoms with E-state index in [-0.39, 0.29) is 11.0 Å². The van der Waals surface area contributed by atoms with Gasteiger partial charge in [0.15, 0.2) is 5.69 Å². The lowest BCUT2D eigenvalue weighted by Crippen LogP contribution is -2.27. The number of oxime groups is 1. The molecule has 2 aromatic heterocycles. The van der Waals surface area contributed by atoms with Crippen LogP contribution < -0.4 is 5.56 Å². The first kappa shape index (κ1) is 19.8. The summed E-state index contributed by atoms with van der Waals surface area (Å²) in [6.07, 6.45) is 1.27. The van der Waals surface area contributed by atoms with Gasteiger partial charge >= 0.3 is 5.97 Å². The van der Waals surface area contributed by atoms with Crippen LogP contribution >= 0.6 is 0 Å². The normalized spacial score (nSPS) is 16.5. The van der Waals surface area contributed by atoms with E-state index in [2.05, 4.69) is 29.2 Å². The van der Waals surface area contributed by atoms with E-state index in [1.165, 1.54) is 11.7 Å². The molecule has 0 fully saturated rings. The minimum atomic E-state index is -0.496. The van der Waals surface area contributed by atoms with Crippen LogP contribution in [-0.4, -0.2) is 36.0 Å². The lowest BCUT2D eigenvalue weighted by Gasteiger charge is -2.27. The zero-order valence-corrected chi connectivity index (χ0v) is 17.7. The van der Waals surface area contributed by atoms with Crippen LogP contribution in [0.5, 0.6) is 0 Å². The number of carbonyl (C=O) groups is 1. The van der Waals surface area contributed by atoms with Crippen molar-refractivity contribution in [2.75, 3.05) is 0 Å². The second-order valence-corrected chi connectivity index (χ2v) is 8.33. The summed E-state index contributed by atoms with van der Waals surface area (Å²) in [5.41, 5.74) is 3.37. The topological polar surface area (TPSA) is 96.3 Å². The molecule has 0 saturated heterocycles. The van der Waals surface area contributed by atoms with Crippen LogP contribution in [0.25, 0.3) is 11.4 Å². The number of para-hydroxylation sites is 1. The molecule has 9 heteroatoms. The van der Waals surface area contributed by atoms with Gasteiger partial charge in [0.2, 0.25) is 0 Å². The number of carbonyl (C=O) groups excluding carboxylic acids is 1. The van der Waals surface area contributed by atoms with Gasteiger partial charge in [-0.05, 0) is 30.9 Å². The molecule has 4 rings (SSSR count). The Labute approximate surface area is 173 Å². The first-order chi connectivity index (χ1) is 14.2. The molecule has 0 spiro atoms. The zero-order chi connectivity index (χ0) is 21.6. The van der Waals surface area contributed by atoms with Crippen molar-refractivity contribution in [3.8, 4) is 11.4 Å². The van der Waals surface area contributed by atoms with E-state index in [0.717, 1.165) is 17.1 Å². The molecular weight excluding hydrogens is 384 g/mol. The Kier molecular flexibility index (Phi) is 4.68. The van der Waals surface area contributed by atoms with E-state index in [9.17, 15) is 9.59 Å². The second-order valence-electron chi connectivity index (χ2n) is 8.33. The Hall–Kier alpha value is -3.49. The van der Waals surface area contributed by atoms with Gasteiger partial charge in [-0.25, -0.2) is 9.48 Å². The molecule has 0 N–H and O–H groups in total. The number of benzene rings is 1. The maximum absolute atomic E-state index is 13.3. The van der Waals surface area contributed by atoms with Gasteiger partial charge in [0.25, 0.3) is 5.56 Å². The molecule has 1 aliphatic carbocycles. The molecule has 0 bridgehead atoms. The lowest BCUT2D eigenvalue weighted by molar-refractivity contribution is -0.140. The SMILES string of the molecule is CC(=O)O/N=C1/CC(C)(C)Cc2nn(-c3c(C)n(C)n(-c4ccccc4)c3=O)nc21. The Bertz CT molecular complexity index is 1210. The van der Waals surface area contributed by atoms with Crippen molar-refractivity contribution in [1.29, 1.82) is 0 Å². The fraction of sp³-hybridized carbons (Fsp3) is 0.381. The summed E-state index contributed by atoms with van der Waals surface area (Å²) in [6, 6.07) is 9.42. The fourth-order valence-corrected chi connectivity index (χ4v) is 3.81. The minimum Gasteiger partial charge on any atom is -0.318 e. The van der Waals surface area contributed by atoms with Crippen LogP contribution in [-0.2, 0) is 23.1 Å². The van der Waals surface area contributed by atoms with E-state index in [1.807, 2.05) is 44.3 Å². The van der Waals surface area contributed by atoms with Gasteiger partial charge in [0, 0.05) is 20.4 Å². The third-order valence-corrected chi connectivity index (χ3v) is 5.26. The standard InChI is InChI=1S/C21H24N6O3/c1-13-19(20(29)26(25(13)5)15-9-7-6-8-10-15)27-22-16-11-21(3,4)12-17(18(16)23-27)24-30-14(2)28/h6-10H,11-12H2,1-5H3/b24-17-. The predicted octanol–water partition coefficient (Wildman–Crippen LogP) is 2.30. The molecule has 156 valence electrons. The Balaban J connectivity index is 1.86. The van der Waals surface area contributed by atoms with Crippen molar-refractivity contribution in [2.45, 2.75) is 40.5 Å². The van der Waals surface area contributed by atoms with Crippen molar-refractivity contribution < 1.29 is 9.63 Å². The van der Waals surface area contributed by atoms with Crippen molar-refractivity contribution in [1.82, 2.24) is 24.4 Å². The molecule has 0 saturated carbocycles. The number of aromatic nitrogens is 5. The smallest absolute Gasteiger partial charge is 0.318 e. The van der Waals surface area contributed by atoms with Gasteiger partial charge in [-0.1, -0.05) is 37.2 Å². The highest BCUT2D eigenvalue weighted by molar-refractivity contribution is 6.01. The van der Waals surface area contributed by atoms with Crippen LogP contribution in [0.4, 0.5) is 0 Å². The summed E-state index contributed by atoms with van der Waals surface area (Å²) in [5.74, 6) is -0.496. The second kappa shape index (κ2) is 7.08. The van der Waals surface area contributed by atoms with Crippen molar-refractivity contribution in [2.24, 2.45) is 17.6 Å². The molecule has 0 radical (unpaired) electrons. The first-order valence-corrected chi connectivity index (χ1v) is 9.73. The fourth-order valence-electron chi connectivity index (χ4n) is 3.81. The van der Waals surface area contributed by atoms with E-state index < -0.39 is 5.97 Å². The van der Waals surface area contributed by atoms with Crippen LogP contribution in [0.1, 0.15) is 44.3 Å². The summed E-state index contributed by atoms with van der Waals surface area (Å²) in [6.45, 7) is 7.34. The van der Waals surface area contributed by atoms with E-state index in [4.69, 9.17) is 4.84 Å². The Morgan fingerprint density at radius 3 is 2.53 bits per heavy atom. The molecule has 30 heavy (non-hydrogen) atoms. The minimum absolute atomic E-state index is 0.122.